The van der Waals surface area contributed by atoms with E-state index in [1.807, 2.05) is 16.9 Å². The minimum atomic E-state index is -0.954. The number of rotatable bonds is 4. The van der Waals surface area contributed by atoms with E-state index in [2.05, 4.69) is 35.1 Å². The second-order valence-corrected chi connectivity index (χ2v) is 7.45. The first-order valence-electron chi connectivity index (χ1n) is 9.33. The summed E-state index contributed by atoms with van der Waals surface area (Å²) in [6.07, 6.45) is 4.76. The minimum absolute atomic E-state index is 0.173. The number of carboxylic acid groups (broad SMARTS) is 1. The highest BCUT2D eigenvalue weighted by molar-refractivity contribution is 5.87. The second-order valence-electron chi connectivity index (χ2n) is 7.45. The molecule has 2 aliphatic heterocycles. The molecule has 1 fully saturated rings. The van der Waals surface area contributed by atoms with Gasteiger partial charge in [-0.15, -0.1) is 0 Å². The molecule has 0 spiro atoms. The van der Waals surface area contributed by atoms with Gasteiger partial charge >= 0.3 is 5.97 Å². The van der Waals surface area contributed by atoms with Crippen LogP contribution in [0.5, 0.6) is 0 Å². The zero-order valence-electron chi connectivity index (χ0n) is 15.1. The maximum absolute atomic E-state index is 11.8. The fourth-order valence-electron chi connectivity index (χ4n) is 4.12. The van der Waals surface area contributed by atoms with E-state index in [1.165, 1.54) is 11.3 Å². The van der Waals surface area contributed by atoms with Crippen LogP contribution in [-0.4, -0.2) is 40.6 Å². The molecule has 2 aromatic rings. The van der Waals surface area contributed by atoms with Gasteiger partial charge in [0.15, 0.2) is 5.69 Å². The van der Waals surface area contributed by atoms with Gasteiger partial charge in [-0.1, -0.05) is 25.1 Å². The van der Waals surface area contributed by atoms with Crippen molar-refractivity contribution in [2.24, 2.45) is 5.92 Å². The van der Waals surface area contributed by atoms with Gasteiger partial charge in [-0.05, 0) is 36.8 Å². The lowest BCUT2D eigenvalue weighted by atomic mass is 9.93. The van der Waals surface area contributed by atoms with Crippen LogP contribution >= 0.6 is 0 Å². The third-order valence-corrected chi connectivity index (χ3v) is 5.37. The third-order valence-electron chi connectivity index (χ3n) is 5.37. The lowest BCUT2D eigenvalue weighted by Gasteiger charge is -2.34. The number of para-hydroxylation sites is 1. The van der Waals surface area contributed by atoms with E-state index in [9.17, 15) is 9.90 Å². The van der Waals surface area contributed by atoms with Gasteiger partial charge in [-0.3, -0.25) is 4.68 Å². The number of aromatic carboxylic acids is 1. The second kappa shape index (κ2) is 7.11. The van der Waals surface area contributed by atoms with Crippen LogP contribution in [0.2, 0.25) is 0 Å². The number of carbonyl (C=O) groups is 1. The highest BCUT2D eigenvalue weighted by Gasteiger charge is 2.26. The van der Waals surface area contributed by atoms with Crippen molar-refractivity contribution in [1.29, 1.82) is 0 Å². The topological polar surface area (TPSA) is 67.6 Å². The Hall–Kier alpha value is -2.34. The Labute approximate surface area is 153 Å². The number of anilines is 1. The molecule has 1 N–H and O–H groups in total. The quantitative estimate of drug-likeness (QED) is 0.913. The number of hydrogen-bond acceptors (Lipinski definition) is 4. The molecule has 4 rings (SSSR count). The fourth-order valence-corrected chi connectivity index (χ4v) is 4.12. The molecule has 1 atom stereocenters. The molecule has 1 unspecified atom stereocenters. The number of benzene rings is 1. The van der Waals surface area contributed by atoms with Crippen LogP contribution in [0, 0.1) is 5.92 Å². The number of hydrogen-bond donors (Lipinski definition) is 1. The molecule has 2 aliphatic rings. The Bertz CT molecular complexity index is 795. The van der Waals surface area contributed by atoms with Crippen molar-refractivity contribution in [1.82, 2.24) is 9.78 Å². The molecule has 1 saturated heterocycles. The smallest absolute Gasteiger partial charge is 0.356 e. The van der Waals surface area contributed by atoms with E-state index >= 15 is 0 Å². The number of nitrogens with zero attached hydrogens (tertiary/aromatic N) is 3. The largest absolute Gasteiger partial charge is 0.476 e. The van der Waals surface area contributed by atoms with Crippen LogP contribution in [0.3, 0.4) is 0 Å². The Morgan fingerprint density at radius 1 is 1.31 bits per heavy atom. The van der Waals surface area contributed by atoms with Crippen molar-refractivity contribution >= 4 is 11.7 Å². The number of carboxylic acids is 1. The molecule has 1 aromatic carbocycles. The maximum atomic E-state index is 11.8. The van der Waals surface area contributed by atoms with Crippen LogP contribution in [0.25, 0.3) is 0 Å². The van der Waals surface area contributed by atoms with E-state index in [1.54, 1.807) is 0 Å². The molecule has 0 amide bonds. The van der Waals surface area contributed by atoms with Crippen molar-refractivity contribution in [2.75, 3.05) is 24.7 Å². The Morgan fingerprint density at radius 2 is 2.08 bits per heavy atom. The standard InChI is InChI=1S/C20H25N3O3/c1-14-10-15-4-2-3-5-18(15)22(11-14)12-16-13-23(21-19(16)20(24)25)17-6-8-26-9-7-17/h2-5,13-14,17H,6-12H2,1H3,(H,24,25). The lowest BCUT2D eigenvalue weighted by molar-refractivity contribution is 0.0645. The molecule has 3 heterocycles. The normalized spacial score (nSPS) is 20.8. The summed E-state index contributed by atoms with van der Waals surface area (Å²) in [6, 6.07) is 8.64. The van der Waals surface area contributed by atoms with Crippen LogP contribution < -0.4 is 4.90 Å². The van der Waals surface area contributed by atoms with Crippen molar-refractivity contribution in [3.63, 3.8) is 0 Å². The molecular weight excluding hydrogens is 330 g/mol. The van der Waals surface area contributed by atoms with Gasteiger partial charge in [-0.2, -0.15) is 5.10 Å². The molecule has 26 heavy (non-hydrogen) atoms. The summed E-state index contributed by atoms with van der Waals surface area (Å²) >= 11 is 0. The van der Waals surface area contributed by atoms with Gasteiger partial charge < -0.3 is 14.7 Å². The molecular formula is C20H25N3O3. The first-order valence-corrected chi connectivity index (χ1v) is 9.33. The summed E-state index contributed by atoms with van der Waals surface area (Å²) in [4.78, 5) is 14.0. The zero-order valence-corrected chi connectivity index (χ0v) is 15.1. The van der Waals surface area contributed by atoms with E-state index in [0.29, 0.717) is 25.7 Å². The highest BCUT2D eigenvalue weighted by Crippen LogP contribution is 2.31. The number of ether oxygens (including phenoxy) is 1. The summed E-state index contributed by atoms with van der Waals surface area (Å²) < 4.78 is 7.26. The first kappa shape index (κ1) is 17.1. The van der Waals surface area contributed by atoms with Gasteiger partial charge in [-0.25, -0.2) is 4.79 Å². The predicted molar refractivity (Wildman–Crippen MR) is 98.6 cm³/mol. The summed E-state index contributed by atoms with van der Waals surface area (Å²) in [5.41, 5.74) is 3.50. The summed E-state index contributed by atoms with van der Waals surface area (Å²) in [5.74, 6) is -0.409. The zero-order chi connectivity index (χ0) is 18.1. The number of aromatic nitrogens is 2. The Kier molecular flexibility index (Phi) is 4.68. The van der Waals surface area contributed by atoms with Crippen LogP contribution in [-0.2, 0) is 17.7 Å². The monoisotopic (exact) mass is 355 g/mol. The summed E-state index contributed by atoms with van der Waals surface area (Å²) in [6.45, 7) is 5.16. The van der Waals surface area contributed by atoms with Gasteiger partial charge in [0.2, 0.25) is 0 Å². The Morgan fingerprint density at radius 3 is 2.85 bits per heavy atom. The van der Waals surface area contributed by atoms with Gasteiger partial charge in [0.1, 0.15) is 0 Å². The van der Waals surface area contributed by atoms with Crippen molar-refractivity contribution in [3.05, 3.63) is 47.3 Å². The minimum Gasteiger partial charge on any atom is -0.476 e. The summed E-state index contributed by atoms with van der Waals surface area (Å²) in [5, 5.41) is 14.0. The van der Waals surface area contributed by atoms with Gasteiger partial charge in [0.05, 0.1) is 6.04 Å². The van der Waals surface area contributed by atoms with Gasteiger partial charge in [0.25, 0.3) is 0 Å². The maximum Gasteiger partial charge on any atom is 0.356 e. The molecule has 6 heteroatoms. The van der Waals surface area contributed by atoms with Crippen LogP contribution in [0.4, 0.5) is 5.69 Å². The molecule has 0 bridgehead atoms. The summed E-state index contributed by atoms with van der Waals surface area (Å²) in [7, 11) is 0. The highest BCUT2D eigenvalue weighted by atomic mass is 16.5. The molecule has 1 aromatic heterocycles. The van der Waals surface area contributed by atoms with Crippen LogP contribution in [0.1, 0.15) is 47.4 Å². The average Bonchev–Trinajstić information content (AvgIpc) is 3.06. The van der Waals surface area contributed by atoms with Crippen molar-refractivity contribution in [3.8, 4) is 0 Å². The fraction of sp³-hybridized carbons (Fsp3) is 0.500. The molecule has 0 saturated carbocycles. The van der Waals surface area contributed by atoms with E-state index in [-0.39, 0.29) is 11.7 Å². The molecule has 6 nitrogen and oxygen atoms in total. The van der Waals surface area contributed by atoms with Crippen molar-refractivity contribution in [2.45, 2.75) is 38.8 Å². The Balaban J connectivity index is 1.63. The first-order chi connectivity index (χ1) is 12.6. The van der Waals surface area contributed by atoms with E-state index < -0.39 is 5.97 Å². The average molecular weight is 355 g/mol. The lowest BCUT2D eigenvalue weighted by Crippen LogP contribution is -2.34. The van der Waals surface area contributed by atoms with Crippen molar-refractivity contribution < 1.29 is 14.6 Å². The SMILES string of the molecule is CC1Cc2ccccc2N(Cc2cn(C3CCOCC3)nc2C(=O)O)C1. The molecule has 0 aliphatic carbocycles. The van der Waals surface area contributed by atoms with E-state index in [4.69, 9.17) is 4.74 Å². The number of fused-ring (bicyclic) bond motifs is 1. The van der Waals surface area contributed by atoms with Crippen LogP contribution in [0.15, 0.2) is 30.5 Å². The third kappa shape index (κ3) is 3.33. The predicted octanol–water partition coefficient (Wildman–Crippen LogP) is 3.13. The molecule has 0 radical (unpaired) electrons. The molecule has 138 valence electrons. The van der Waals surface area contributed by atoms with Gasteiger partial charge in [0, 0.05) is 43.8 Å². The van der Waals surface area contributed by atoms with E-state index in [0.717, 1.165) is 31.4 Å².